The summed E-state index contributed by atoms with van der Waals surface area (Å²) < 4.78 is 110. The molecule has 0 spiro atoms. The fourth-order valence-corrected chi connectivity index (χ4v) is 3.63. The third kappa shape index (κ3) is 3.43. The Hall–Kier alpha value is -4.03. The quantitative estimate of drug-likeness (QED) is 0.302. The number of benzene rings is 2. The number of imidazole rings is 1. The zero-order valence-electron chi connectivity index (χ0n) is 16.4. The SMILES string of the molecule is Fc1ccc(-c2cn3c(-c4ccc5[nH]ncc5c4F)c(C(F)(F)F)nc3cn2)cc1C(F)(F)F. The fraction of sp³-hybridized carbons (Fsp3) is 0.0952. The van der Waals surface area contributed by atoms with Crippen molar-refractivity contribution in [3.63, 3.8) is 0 Å². The first-order valence-corrected chi connectivity index (χ1v) is 9.39. The van der Waals surface area contributed by atoms with Crippen molar-refractivity contribution in [1.82, 2.24) is 24.6 Å². The van der Waals surface area contributed by atoms with Crippen molar-refractivity contribution >= 4 is 16.6 Å². The van der Waals surface area contributed by atoms with Crippen molar-refractivity contribution in [1.29, 1.82) is 0 Å². The first-order chi connectivity index (χ1) is 15.9. The van der Waals surface area contributed by atoms with Crippen LogP contribution in [0.15, 0.2) is 48.9 Å². The molecule has 0 atom stereocenters. The van der Waals surface area contributed by atoms with Crippen LogP contribution in [0.2, 0.25) is 0 Å². The van der Waals surface area contributed by atoms with E-state index in [0.29, 0.717) is 12.1 Å². The molecule has 3 heterocycles. The molecule has 0 unspecified atom stereocenters. The third-order valence-corrected chi connectivity index (χ3v) is 5.16. The van der Waals surface area contributed by atoms with E-state index in [1.54, 1.807) is 0 Å². The molecule has 2 aromatic carbocycles. The van der Waals surface area contributed by atoms with Crippen LogP contribution in [-0.4, -0.2) is 24.6 Å². The molecule has 0 saturated heterocycles. The summed E-state index contributed by atoms with van der Waals surface area (Å²) in [6.45, 7) is 0. The molecule has 5 nitrogen and oxygen atoms in total. The van der Waals surface area contributed by atoms with Crippen LogP contribution < -0.4 is 0 Å². The van der Waals surface area contributed by atoms with Gasteiger partial charge in [-0.1, -0.05) is 0 Å². The van der Waals surface area contributed by atoms with Crippen molar-refractivity contribution in [2.75, 3.05) is 0 Å². The minimum Gasteiger partial charge on any atom is -0.295 e. The van der Waals surface area contributed by atoms with E-state index in [0.717, 1.165) is 35.1 Å². The van der Waals surface area contributed by atoms with Crippen molar-refractivity contribution in [3.05, 3.63) is 71.8 Å². The molecule has 13 heteroatoms. The van der Waals surface area contributed by atoms with Crippen molar-refractivity contribution < 1.29 is 35.1 Å². The van der Waals surface area contributed by atoms with Crippen LogP contribution in [0.4, 0.5) is 35.1 Å². The van der Waals surface area contributed by atoms with Crippen LogP contribution in [0.5, 0.6) is 0 Å². The van der Waals surface area contributed by atoms with Crippen molar-refractivity contribution in [2.24, 2.45) is 0 Å². The molecule has 1 N–H and O–H groups in total. The number of halogens is 8. The maximum absolute atomic E-state index is 15.2. The number of alkyl halides is 6. The molecule has 0 saturated carbocycles. The molecule has 0 bridgehead atoms. The summed E-state index contributed by atoms with van der Waals surface area (Å²) in [5.74, 6) is -2.52. The van der Waals surface area contributed by atoms with E-state index in [4.69, 9.17) is 0 Å². The van der Waals surface area contributed by atoms with E-state index < -0.39 is 46.5 Å². The highest BCUT2D eigenvalue weighted by atomic mass is 19.4. The third-order valence-electron chi connectivity index (χ3n) is 5.16. The Kier molecular flexibility index (Phi) is 4.64. The zero-order valence-corrected chi connectivity index (χ0v) is 16.4. The first-order valence-electron chi connectivity index (χ1n) is 9.39. The van der Waals surface area contributed by atoms with Crippen LogP contribution in [0.1, 0.15) is 11.3 Å². The summed E-state index contributed by atoms with van der Waals surface area (Å²) in [5, 5.41) is 6.10. The van der Waals surface area contributed by atoms with Gasteiger partial charge in [-0.15, -0.1) is 0 Å². The van der Waals surface area contributed by atoms with Crippen LogP contribution >= 0.6 is 0 Å². The normalized spacial score (nSPS) is 12.7. The highest BCUT2D eigenvalue weighted by molar-refractivity contribution is 5.85. The number of aromatic amines is 1. The fourth-order valence-electron chi connectivity index (χ4n) is 3.63. The second kappa shape index (κ2) is 7.23. The average Bonchev–Trinajstić information content (AvgIpc) is 3.38. The number of fused-ring (bicyclic) bond motifs is 2. The van der Waals surface area contributed by atoms with Crippen molar-refractivity contribution in [3.8, 4) is 22.5 Å². The molecule has 0 radical (unpaired) electrons. The van der Waals surface area contributed by atoms with Crippen LogP contribution in [0, 0.1) is 11.6 Å². The zero-order chi connectivity index (χ0) is 24.4. The summed E-state index contributed by atoms with van der Waals surface area (Å²) >= 11 is 0. The van der Waals surface area contributed by atoms with Gasteiger partial charge in [-0.25, -0.2) is 13.8 Å². The lowest BCUT2D eigenvalue weighted by Gasteiger charge is -2.11. The summed E-state index contributed by atoms with van der Waals surface area (Å²) in [6, 6.07) is 4.50. The van der Waals surface area contributed by atoms with Gasteiger partial charge in [0.15, 0.2) is 11.3 Å². The van der Waals surface area contributed by atoms with Gasteiger partial charge in [-0.2, -0.15) is 31.4 Å². The number of aromatic nitrogens is 5. The molecule has 3 aromatic heterocycles. The average molecular weight is 483 g/mol. The summed E-state index contributed by atoms with van der Waals surface area (Å²) in [7, 11) is 0. The molecule has 5 rings (SSSR count). The molecule has 0 aliphatic carbocycles. The lowest BCUT2D eigenvalue weighted by Crippen LogP contribution is -2.09. The molecule has 0 aliphatic heterocycles. The van der Waals surface area contributed by atoms with Crippen LogP contribution in [0.25, 0.3) is 39.1 Å². The van der Waals surface area contributed by atoms with E-state index >= 15 is 4.39 Å². The second-order valence-electron chi connectivity index (χ2n) is 7.26. The van der Waals surface area contributed by atoms with E-state index in [1.807, 2.05) is 0 Å². The predicted octanol–water partition coefficient (Wildman–Crippen LogP) is 6.26. The Morgan fingerprint density at radius 3 is 2.35 bits per heavy atom. The van der Waals surface area contributed by atoms with E-state index in [9.17, 15) is 30.7 Å². The Morgan fingerprint density at radius 2 is 1.65 bits per heavy atom. The molecule has 0 amide bonds. The molecule has 0 aliphatic rings. The van der Waals surface area contributed by atoms with E-state index in [2.05, 4.69) is 20.2 Å². The first kappa shape index (κ1) is 21.8. The molecular weight excluding hydrogens is 474 g/mol. The second-order valence-corrected chi connectivity index (χ2v) is 7.26. The smallest absolute Gasteiger partial charge is 0.295 e. The van der Waals surface area contributed by atoms with Gasteiger partial charge >= 0.3 is 12.4 Å². The maximum atomic E-state index is 15.2. The van der Waals surface area contributed by atoms with E-state index in [-0.39, 0.29) is 27.8 Å². The molecule has 5 aromatic rings. The van der Waals surface area contributed by atoms with E-state index in [1.165, 1.54) is 6.07 Å². The van der Waals surface area contributed by atoms with Gasteiger partial charge < -0.3 is 0 Å². The van der Waals surface area contributed by atoms with Crippen LogP contribution in [0.3, 0.4) is 0 Å². The van der Waals surface area contributed by atoms with Gasteiger partial charge in [-0.3, -0.25) is 14.5 Å². The topological polar surface area (TPSA) is 58.9 Å². The highest BCUT2D eigenvalue weighted by Gasteiger charge is 2.39. The van der Waals surface area contributed by atoms with Gasteiger partial charge in [0, 0.05) is 17.3 Å². The molecule has 174 valence electrons. The largest absolute Gasteiger partial charge is 0.435 e. The minimum absolute atomic E-state index is 0.0665. The van der Waals surface area contributed by atoms with Crippen LogP contribution in [-0.2, 0) is 12.4 Å². The number of nitrogens with one attached hydrogen (secondary N) is 1. The lowest BCUT2D eigenvalue weighted by molar-refractivity contribution is -0.141. The number of hydrogen-bond acceptors (Lipinski definition) is 3. The Labute approximate surface area is 183 Å². The highest BCUT2D eigenvalue weighted by Crippen LogP contribution is 2.40. The van der Waals surface area contributed by atoms with Gasteiger partial charge in [0.25, 0.3) is 0 Å². The number of rotatable bonds is 2. The lowest BCUT2D eigenvalue weighted by atomic mass is 10.1. The predicted molar refractivity (Wildman–Crippen MR) is 103 cm³/mol. The summed E-state index contributed by atoms with van der Waals surface area (Å²) in [5.41, 5.74) is -4.61. The van der Waals surface area contributed by atoms with Gasteiger partial charge in [0.1, 0.15) is 11.6 Å². The molecule has 0 fully saturated rings. The number of hydrogen-bond donors (Lipinski definition) is 1. The van der Waals surface area contributed by atoms with Gasteiger partial charge in [0.05, 0.1) is 40.2 Å². The number of nitrogens with zero attached hydrogens (tertiary/aromatic N) is 4. The van der Waals surface area contributed by atoms with Crippen molar-refractivity contribution in [2.45, 2.75) is 12.4 Å². The molecule has 34 heavy (non-hydrogen) atoms. The summed E-state index contributed by atoms with van der Waals surface area (Å²) in [6.07, 6.45) is -7.00. The Morgan fingerprint density at radius 1 is 0.882 bits per heavy atom. The molecular formula is C21H9F8N5. The Bertz CT molecular complexity index is 1560. The number of H-pyrrole nitrogens is 1. The van der Waals surface area contributed by atoms with Gasteiger partial charge in [-0.05, 0) is 30.3 Å². The Balaban J connectivity index is 1.78. The monoisotopic (exact) mass is 483 g/mol. The van der Waals surface area contributed by atoms with Gasteiger partial charge in [0.2, 0.25) is 0 Å². The summed E-state index contributed by atoms with van der Waals surface area (Å²) in [4.78, 5) is 7.40. The minimum atomic E-state index is -5.00. The maximum Gasteiger partial charge on any atom is 0.435 e. The standard InChI is InChI=1S/C21H9F8N5/c22-13-3-1-9(5-12(13)20(24,25)26)15-8-34-16(7-30-15)32-19(21(27,28)29)18(34)10-2-4-14-11(17(10)23)6-31-33-14/h1-8H,(H,31,33).